The molecule has 1 saturated heterocycles. The van der Waals surface area contributed by atoms with Crippen molar-refractivity contribution in [3.8, 4) is 22.9 Å². The molecule has 1 aliphatic rings. The van der Waals surface area contributed by atoms with E-state index in [-0.39, 0.29) is 41.2 Å². The van der Waals surface area contributed by atoms with E-state index in [1.165, 1.54) is 6.07 Å². The van der Waals surface area contributed by atoms with E-state index in [1.807, 2.05) is 0 Å². The van der Waals surface area contributed by atoms with E-state index >= 15 is 0 Å². The zero-order valence-electron chi connectivity index (χ0n) is 15.3. The normalized spacial score (nSPS) is 14.8. The van der Waals surface area contributed by atoms with Gasteiger partial charge in [0.05, 0.1) is 17.5 Å². The van der Waals surface area contributed by atoms with E-state index in [4.69, 9.17) is 4.42 Å². The smallest absolute Gasteiger partial charge is 0.253 e. The van der Waals surface area contributed by atoms with Crippen LogP contribution in [0.3, 0.4) is 0 Å². The van der Waals surface area contributed by atoms with Crippen LogP contribution >= 0.6 is 12.4 Å². The minimum absolute atomic E-state index is 0. The molecule has 4 aromatic rings. The van der Waals surface area contributed by atoms with Crippen molar-refractivity contribution < 1.29 is 8.81 Å². The number of nitrogens with one attached hydrogen (secondary N) is 2. The molecule has 150 valence electrons. The number of halogens is 2. The predicted octanol–water partition coefficient (Wildman–Crippen LogP) is 2.77. The van der Waals surface area contributed by atoms with E-state index in [0.29, 0.717) is 11.2 Å². The molecular weight excluding hydrogens is 399 g/mol. The van der Waals surface area contributed by atoms with E-state index < -0.39 is 5.82 Å². The van der Waals surface area contributed by atoms with Crippen molar-refractivity contribution in [2.24, 2.45) is 0 Å². The minimum atomic E-state index is -0.445. The monoisotopic (exact) mass is 416 g/mol. The number of piperidine rings is 1. The molecule has 0 bridgehead atoms. The molecule has 1 aliphatic heterocycles. The SMILES string of the molecule is Cl.O=c1cc(C2CCNCC2)n2ncc(-c3nnc(-c4ccccc4F)o3)c2[nH]1. The van der Waals surface area contributed by atoms with Gasteiger partial charge in [-0.05, 0) is 38.1 Å². The van der Waals surface area contributed by atoms with Crippen molar-refractivity contribution in [3.63, 3.8) is 0 Å². The minimum Gasteiger partial charge on any atom is -0.416 e. The number of hydrogen-bond acceptors (Lipinski definition) is 6. The van der Waals surface area contributed by atoms with E-state index in [1.54, 1.807) is 35.0 Å². The van der Waals surface area contributed by atoms with Crippen molar-refractivity contribution in [1.29, 1.82) is 0 Å². The maximum atomic E-state index is 14.0. The third kappa shape index (κ3) is 3.43. The molecule has 0 aliphatic carbocycles. The van der Waals surface area contributed by atoms with Gasteiger partial charge in [-0.1, -0.05) is 12.1 Å². The van der Waals surface area contributed by atoms with Gasteiger partial charge in [0, 0.05) is 12.0 Å². The summed E-state index contributed by atoms with van der Waals surface area (Å²) in [4.78, 5) is 15.1. The second-order valence-corrected chi connectivity index (χ2v) is 6.79. The number of hydrogen-bond donors (Lipinski definition) is 2. The molecule has 8 nitrogen and oxygen atoms in total. The summed E-state index contributed by atoms with van der Waals surface area (Å²) < 4.78 is 21.4. The highest BCUT2D eigenvalue weighted by atomic mass is 35.5. The van der Waals surface area contributed by atoms with Crippen LogP contribution in [0.5, 0.6) is 0 Å². The second kappa shape index (κ2) is 7.76. The van der Waals surface area contributed by atoms with Crippen LogP contribution in [0, 0.1) is 5.82 Å². The Morgan fingerprint density at radius 3 is 2.59 bits per heavy atom. The van der Waals surface area contributed by atoms with Gasteiger partial charge >= 0.3 is 0 Å². The summed E-state index contributed by atoms with van der Waals surface area (Å²) in [6, 6.07) is 7.78. The molecular formula is C19H18ClFN6O2. The molecule has 0 saturated carbocycles. The lowest BCUT2D eigenvalue weighted by atomic mass is 9.94. The van der Waals surface area contributed by atoms with E-state index in [2.05, 4.69) is 25.6 Å². The molecule has 1 fully saturated rings. The quantitative estimate of drug-likeness (QED) is 0.532. The average Bonchev–Trinajstić information content (AvgIpc) is 3.35. The highest BCUT2D eigenvalue weighted by Crippen LogP contribution is 2.30. The third-order valence-electron chi connectivity index (χ3n) is 5.05. The predicted molar refractivity (Wildman–Crippen MR) is 107 cm³/mol. The topological polar surface area (TPSA) is 101 Å². The van der Waals surface area contributed by atoms with Crippen LogP contribution in [-0.4, -0.2) is 37.9 Å². The Morgan fingerprint density at radius 2 is 1.83 bits per heavy atom. The van der Waals surface area contributed by atoms with Crippen LogP contribution in [-0.2, 0) is 0 Å². The maximum absolute atomic E-state index is 14.0. The van der Waals surface area contributed by atoms with Gasteiger partial charge < -0.3 is 14.7 Å². The van der Waals surface area contributed by atoms with Crippen LogP contribution in [0.25, 0.3) is 28.6 Å². The zero-order chi connectivity index (χ0) is 19.1. The van der Waals surface area contributed by atoms with Crippen molar-refractivity contribution in [3.05, 3.63) is 58.4 Å². The number of aromatic amines is 1. The number of nitrogens with zero attached hydrogens (tertiary/aromatic N) is 4. The Labute approximate surface area is 170 Å². The Hall–Kier alpha value is -3.04. The standard InChI is InChI=1S/C19H17FN6O2.ClH/c20-14-4-2-1-3-12(14)18-24-25-19(28-18)13-10-22-26-15(9-16(27)23-17(13)26)11-5-7-21-8-6-11;/h1-4,9-11,21H,5-8H2,(H,23,27);1H. The van der Waals surface area contributed by atoms with Gasteiger partial charge in [0.1, 0.15) is 17.0 Å². The molecule has 5 rings (SSSR count). The summed E-state index contributed by atoms with van der Waals surface area (Å²) in [7, 11) is 0. The summed E-state index contributed by atoms with van der Waals surface area (Å²) in [5.41, 5.74) is 1.87. The van der Waals surface area contributed by atoms with Crippen LogP contribution in [0.4, 0.5) is 4.39 Å². The molecule has 4 heterocycles. The highest BCUT2D eigenvalue weighted by molar-refractivity contribution is 5.85. The molecule has 0 amide bonds. The lowest BCUT2D eigenvalue weighted by molar-refractivity contribution is 0.446. The first-order valence-corrected chi connectivity index (χ1v) is 9.11. The molecule has 10 heteroatoms. The first kappa shape index (κ1) is 19.3. The molecule has 0 unspecified atom stereocenters. The lowest BCUT2D eigenvalue weighted by Crippen LogP contribution is -2.28. The largest absolute Gasteiger partial charge is 0.416 e. The summed E-state index contributed by atoms with van der Waals surface area (Å²) in [6.45, 7) is 1.81. The fraction of sp³-hybridized carbons (Fsp3) is 0.263. The van der Waals surface area contributed by atoms with Crippen LogP contribution in [0.15, 0.2) is 45.7 Å². The number of rotatable bonds is 3. The fourth-order valence-electron chi connectivity index (χ4n) is 3.65. The third-order valence-corrected chi connectivity index (χ3v) is 5.05. The average molecular weight is 417 g/mol. The van der Waals surface area contributed by atoms with Gasteiger partial charge in [-0.3, -0.25) is 4.79 Å². The molecule has 29 heavy (non-hydrogen) atoms. The van der Waals surface area contributed by atoms with Gasteiger partial charge in [-0.15, -0.1) is 22.6 Å². The Morgan fingerprint density at radius 1 is 1.10 bits per heavy atom. The number of H-pyrrole nitrogens is 1. The van der Waals surface area contributed by atoms with Gasteiger partial charge in [-0.25, -0.2) is 8.91 Å². The lowest BCUT2D eigenvalue weighted by Gasteiger charge is -2.23. The Balaban J connectivity index is 0.00000205. The second-order valence-electron chi connectivity index (χ2n) is 6.79. The first-order valence-electron chi connectivity index (χ1n) is 9.11. The number of aromatic nitrogens is 5. The van der Waals surface area contributed by atoms with E-state index in [0.717, 1.165) is 31.6 Å². The summed E-state index contributed by atoms with van der Waals surface area (Å²) in [6.07, 6.45) is 3.45. The Bertz CT molecular complexity index is 1210. The van der Waals surface area contributed by atoms with Crippen LogP contribution in [0.1, 0.15) is 24.5 Å². The van der Waals surface area contributed by atoms with Gasteiger partial charge in [0.15, 0.2) is 0 Å². The molecule has 3 aromatic heterocycles. The maximum Gasteiger partial charge on any atom is 0.253 e. The summed E-state index contributed by atoms with van der Waals surface area (Å²) in [5.74, 6) is 0.0466. The molecule has 2 N–H and O–H groups in total. The summed E-state index contributed by atoms with van der Waals surface area (Å²) >= 11 is 0. The van der Waals surface area contributed by atoms with Crippen molar-refractivity contribution >= 4 is 18.1 Å². The number of benzene rings is 1. The molecule has 0 radical (unpaired) electrons. The van der Waals surface area contributed by atoms with Gasteiger partial charge in [-0.2, -0.15) is 5.10 Å². The van der Waals surface area contributed by atoms with Crippen LogP contribution < -0.4 is 10.9 Å². The fourth-order valence-corrected chi connectivity index (χ4v) is 3.65. The van der Waals surface area contributed by atoms with Gasteiger partial charge in [0.2, 0.25) is 0 Å². The number of fused-ring (bicyclic) bond motifs is 1. The molecule has 0 atom stereocenters. The van der Waals surface area contributed by atoms with Crippen molar-refractivity contribution in [1.82, 2.24) is 30.1 Å². The van der Waals surface area contributed by atoms with Crippen molar-refractivity contribution in [2.75, 3.05) is 13.1 Å². The first-order chi connectivity index (χ1) is 13.7. The Kier molecular flexibility index (Phi) is 5.16. The zero-order valence-corrected chi connectivity index (χ0v) is 16.1. The summed E-state index contributed by atoms with van der Waals surface area (Å²) in [5, 5.41) is 15.7. The molecule has 0 spiro atoms. The highest BCUT2D eigenvalue weighted by Gasteiger charge is 2.23. The van der Waals surface area contributed by atoms with Crippen LogP contribution in [0.2, 0.25) is 0 Å². The van der Waals surface area contributed by atoms with Crippen molar-refractivity contribution in [2.45, 2.75) is 18.8 Å². The molecule has 1 aromatic carbocycles. The van der Waals surface area contributed by atoms with Gasteiger partial charge in [0.25, 0.3) is 17.3 Å². The van der Waals surface area contributed by atoms with E-state index in [9.17, 15) is 9.18 Å².